The Morgan fingerprint density at radius 3 is 3.33 bits per heavy atom. The van der Waals surface area contributed by atoms with Crippen LogP contribution in [0.5, 0.6) is 0 Å². The van der Waals surface area contributed by atoms with E-state index in [1.807, 2.05) is 14.2 Å². The highest BCUT2D eigenvalue weighted by Gasteiger charge is 1.53. The van der Waals surface area contributed by atoms with Gasteiger partial charge in [0.05, 0.1) is 0 Å². The van der Waals surface area contributed by atoms with Crippen molar-refractivity contribution >= 4 is 7.85 Å². The van der Waals surface area contributed by atoms with Crippen LogP contribution in [0.1, 0.15) is 1.37 Å². The third-order valence-corrected chi connectivity index (χ3v) is 0.328. The first-order valence-electron chi connectivity index (χ1n) is 2.31. The van der Waals surface area contributed by atoms with E-state index in [0.29, 0.717) is 0 Å². The first kappa shape index (κ1) is 3.38. The fourth-order valence-corrected chi connectivity index (χ4v) is 0.133. The SMILES string of the molecule is [2H]C#CC#CCB. The fourth-order valence-electron chi connectivity index (χ4n) is 0.133. The standard InChI is InChI=1S/C5H5B/c1-2-3-4-5-6/h1H,5-6H2/i1D. The Kier molecular flexibility index (Phi) is 2.36. The van der Waals surface area contributed by atoms with Crippen molar-refractivity contribution in [1.82, 2.24) is 0 Å². The summed E-state index contributed by atoms with van der Waals surface area (Å²) in [6, 6.07) is 0. The van der Waals surface area contributed by atoms with Gasteiger partial charge in [0.25, 0.3) is 0 Å². The molecule has 0 unspecified atom stereocenters. The van der Waals surface area contributed by atoms with Gasteiger partial charge in [-0.15, -0.1) is 6.40 Å². The minimum Gasteiger partial charge on any atom is -0.106 e. The van der Waals surface area contributed by atoms with Gasteiger partial charge in [-0.2, -0.15) is 0 Å². The molecule has 6 heavy (non-hydrogen) atoms. The summed E-state index contributed by atoms with van der Waals surface area (Å²) >= 11 is 0. The summed E-state index contributed by atoms with van der Waals surface area (Å²) in [6.07, 6.45) is 2.74. The summed E-state index contributed by atoms with van der Waals surface area (Å²) in [5.74, 6) is 7.50. The fraction of sp³-hybridized carbons (Fsp3) is 0.200. The third kappa shape index (κ3) is 3.18. The van der Waals surface area contributed by atoms with Gasteiger partial charge in [0.2, 0.25) is 0 Å². The van der Waals surface area contributed by atoms with Crippen molar-refractivity contribution in [3.8, 4) is 24.2 Å². The lowest BCUT2D eigenvalue weighted by Crippen LogP contribution is -1.54. The summed E-state index contributed by atoms with van der Waals surface area (Å²) < 4.78 is 6.32. The first-order chi connectivity index (χ1) is 3.41. The summed E-state index contributed by atoms with van der Waals surface area (Å²) in [5, 5.41) is 0. The lowest BCUT2D eigenvalue weighted by molar-refractivity contribution is 1.88. The summed E-state index contributed by atoms with van der Waals surface area (Å²) in [4.78, 5) is 0. The van der Waals surface area contributed by atoms with Crippen LogP contribution in [0.15, 0.2) is 0 Å². The normalized spacial score (nSPS) is 5.67. The Morgan fingerprint density at radius 2 is 2.83 bits per heavy atom. The second kappa shape index (κ2) is 4.18. The van der Waals surface area contributed by atoms with E-state index < -0.39 is 0 Å². The second-order valence-corrected chi connectivity index (χ2v) is 0.780. The number of terminal acetylenes is 1. The topological polar surface area (TPSA) is 0 Å². The van der Waals surface area contributed by atoms with Gasteiger partial charge < -0.3 is 0 Å². The maximum absolute atomic E-state index is 6.32. The molecule has 0 bridgehead atoms. The first-order valence-corrected chi connectivity index (χ1v) is 1.81. The van der Waals surface area contributed by atoms with E-state index in [1.165, 1.54) is 0 Å². The largest absolute Gasteiger partial charge is 0.125 e. The van der Waals surface area contributed by atoms with Gasteiger partial charge in [0, 0.05) is 0 Å². The molecule has 0 aliphatic rings. The van der Waals surface area contributed by atoms with Crippen LogP contribution in [0.3, 0.4) is 0 Å². The Hall–Kier alpha value is -0.815. The number of rotatable bonds is 0. The average molecular weight is 76.9 g/mol. The van der Waals surface area contributed by atoms with Gasteiger partial charge in [-0.05, 0) is 18.2 Å². The maximum Gasteiger partial charge on any atom is 0.125 e. The van der Waals surface area contributed by atoms with Crippen molar-refractivity contribution in [1.29, 1.82) is 0 Å². The monoisotopic (exact) mass is 77.1 g/mol. The molecule has 0 saturated heterocycles. The molecule has 0 radical (unpaired) electrons. The lowest BCUT2D eigenvalue weighted by Gasteiger charge is -1.57. The zero-order valence-corrected chi connectivity index (χ0v) is 3.71. The van der Waals surface area contributed by atoms with E-state index in [0.717, 1.165) is 6.32 Å². The molecule has 0 aliphatic carbocycles. The molecular weight excluding hydrogens is 70.9 g/mol. The van der Waals surface area contributed by atoms with E-state index >= 15 is 0 Å². The van der Waals surface area contributed by atoms with Crippen molar-refractivity contribution in [3.63, 3.8) is 0 Å². The maximum atomic E-state index is 6.32. The van der Waals surface area contributed by atoms with Crippen LogP contribution in [0.2, 0.25) is 6.32 Å². The highest BCUT2D eigenvalue weighted by Crippen LogP contribution is 1.58. The Morgan fingerprint density at radius 1 is 2.00 bits per heavy atom. The van der Waals surface area contributed by atoms with Crippen LogP contribution in [0.4, 0.5) is 0 Å². The molecule has 0 amide bonds. The predicted molar refractivity (Wildman–Crippen MR) is 30.0 cm³/mol. The quantitative estimate of drug-likeness (QED) is 0.274. The third-order valence-electron chi connectivity index (χ3n) is 0.328. The van der Waals surface area contributed by atoms with Crippen LogP contribution in [0, 0.1) is 24.2 Å². The van der Waals surface area contributed by atoms with E-state index in [2.05, 4.69) is 17.8 Å². The van der Waals surface area contributed by atoms with Crippen molar-refractivity contribution in [2.45, 2.75) is 6.32 Å². The van der Waals surface area contributed by atoms with E-state index in [-0.39, 0.29) is 0 Å². The molecule has 1 heteroatoms. The highest BCUT2D eigenvalue weighted by atomic mass is 13.5. The van der Waals surface area contributed by atoms with Crippen LogP contribution in [-0.4, -0.2) is 7.85 Å². The Balaban J connectivity index is 3.39. The van der Waals surface area contributed by atoms with E-state index in [9.17, 15) is 0 Å². The molecule has 0 aliphatic heterocycles. The van der Waals surface area contributed by atoms with Gasteiger partial charge in [0.1, 0.15) is 9.22 Å². The van der Waals surface area contributed by atoms with Crippen LogP contribution >= 0.6 is 0 Å². The van der Waals surface area contributed by atoms with Gasteiger partial charge in [-0.3, -0.25) is 0 Å². The zero-order chi connectivity index (χ0) is 5.54. The summed E-state index contributed by atoms with van der Waals surface area (Å²) in [5.41, 5.74) is 0. The summed E-state index contributed by atoms with van der Waals surface area (Å²) in [6.45, 7) is 0. The zero-order valence-electron chi connectivity index (χ0n) is 4.71. The molecule has 0 aromatic rings. The predicted octanol–water partition coefficient (Wildman–Crippen LogP) is -0.326. The summed E-state index contributed by atoms with van der Waals surface area (Å²) in [7, 11) is 1.94. The van der Waals surface area contributed by atoms with E-state index in [1.54, 1.807) is 0 Å². The lowest BCUT2D eigenvalue weighted by atomic mass is 10.1. The molecule has 0 heterocycles. The van der Waals surface area contributed by atoms with Crippen LogP contribution in [-0.2, 0) is 0 Å². The molecule has 0 aromatic heterocycles. The van der Waals surface area contributed by atoms with Crippen molar-refractivity contribution in [2.75, 3.05) is 0 Å². The second-order valence-electron chi connectivity index (χ2n) is 0.780. The minimum absolute atomic E-state index is 0.814. The van der Waals surface area contributed by atoms with Crippen LogP contribution in [0.25, 0.3) is 0 Å². The Labute approximate surface area is 40.8 Å². The van der Waals surface area contributed by atoms with Crippen LogP contribution < -0.4 is 0 Å². The van der Waals surface area contributed by atoms with E-state index in [4.69, 9.17) is 1.37 Å². The smallest absolute Gasteiger partial charge is 0.106 e. The molecule has 0 spiro atoms. The molecule has 0 aromatic carbocycles. The molecular formula is C5H5B. The van der Waals surface area contributed by atoms with Crippen molar-refractivity contribution in [2.24, 2.45) is 0 Å². The highest BCUT2D eigenvalue weighted by molar-refractivity contribution is 6.10. The molecule has 0 atom stereocenters. The Bertz CT molecular complexity index is 141. The van der Waals surface area contributed by atoms with Crippen molar-refractivity contribution < 1.29 is 1.37 Å². The van der Waals surface area contributed by atoms with Gasteiger partial charge in [0.15, 0.2) is 0 Å². The van der Waals surface area contributed by atoms with Gasteiger partial charge in [-0.25, -0.2) is 0 Å². The molecule has 0 fully saturated rings. The number of hydrogen-bond acceptors (Lipinski definition) is 0. The van der Waals surface area contributed by atoms with Gasteiger partial charge >= 0.3 is 0 Å². The minimum atomic E-state index is 0.814. The molecule has 0 saturated carbocycles. The molecule has 0 N–H and O–H groups in total. The molecule has 28 valence electrons. The van der Waals surface area contributed by atoms with Gasteiger partial charge in [-0.1, -0.05) is 5.92 Å². The van der Waals surface area contributed by atoms with Crippen molar-refractivity contribution in [3.05, 3.63) is 0 Å². The molecule has 0 nitrogen and oxygen atoms in total. The molecule has 0 rings (SSSR count). The average Bonchev–Trinajstić information content (AvgIpc) is 1.69. The number of hydrogen-bond donors (Lipinski definition) is 0.